The number of nitrogens with one attached hydrogen (secondary N) is 3. The van der Waals surface area contributed by atoms with E-state index in [2.05, 4.69) is 15.3 Å². The first-order chi connectivity index (χ1) is 6.24. The molecular formula is C7H11N3O3. The van der Waals surface area contributed by atoms with Crippen molar-refractivity contribution in [2.24, 2.45) is 0 Å². The number of hydrogen-bond donors (Lipinski definition) is 4. The molecule has 72 valence electrons. The Labute approximate surface area is 74.0 Å². The molecule has 13 heavy (non-hydrogen) atoms. The summed E-state index contributed by atoms with van der Waals surface area (Å²) in [4.78, 5) is 26.4. The number of aromatic amines is 2. The molecule has 1 aromatic rings. The Bertz CT molecular complexity index is 328. The third-order valence-corrected chi connectivity index (χ3v) is 1.46. The summed E-state index contributed by atoms with van der Waals surface area (Å²) in [6, 6.07) is 0. The number of amides is 1. The van der Waals surface area contributed by atoms with Crippen LogP contribution in [0.1, 0.15) is 16.9 Å². The first-order valence-corrected chi connectivity index (χ1v) is 3.91. The zero-order valence-corrected chi connectivity index (χ0v) is 6.96. The maximum Gasteiger partial charge on any atom is 0.323 e. The van der Waals surface area contributed by atoms with Gasteiger partial charge in [0.05, 0.1) is 0 Å². The van der Waals surface area contributed by atoms with Gasteiger partial charge in [-0.1, -0.05) is 0 Å². The molecule has 1 amide bonds. The molecule has 0 atom stereocenters. The summed E-state index contributed by atoms with van der Waals surface area (Å²) in [5.74, 6) is -0.355. The smallest absolute Gasteiger partial charge is 0.323 e. The first kappa shape index (κ1) is 9.53. The zero-order valence-electron chi connectivity index (χ0n) is 6.96. The van der Waals surface area contributed by atoms with Gasteiger partial charge < -0.3 is 20.4 Å². The quantitative estimate of drug-likeness (QED) is 0.444. The maximum atomic E-state index is 11.1. The molecule has 0 unspecified atom stereocenters. The molecule has 0 aliphatic heterocycles. The summed E-state index contributed by atoms with van der Waals surface area (Å²) in [5, 5.41) is 11.0. The Morgan fingerprint density at radius 1 is 1.62 bits per heavy atom. The third-order valence-electron chi connectivity index (χ3n) is 1.46. The van der Waals surface area contributed by atoms with Crippen molar-refractivity contribution in [2.45, 2.75) is 6.42 Å². The highest BCUT2D eigenvalue weighted by atomic mass is 16.3. The minimum absolute atomic E-state index is 0.0317. The van der Waals surface area contributed by atoms with Crippen LogP contribution in [-0.2, 0) is 0 Å². The van der Waals surface area contributed by atoms with Gasteiger partial charge in [-0.15, -0.1) is 0 Å². The number of rotatable bonds is 4. The van der Waals surface area contributed by atoms with Gasteiger partial charge in [0.2, 0.25) is 0 Å². The molecule has 0 saturated carbocycles. The van der Waals surface area contributed by atoms with Gasteiger partial charge in [0.1, 0.15) is 5.69 Å². The first-order valence-electron chi connectivity index (χ1n) is 3.91. The Kier molecular flexibility index (Phi) is 3.27. The minimum Gasteiger partial charge on any atom is -0.396 e. The van der Waals surface area contributed by atoms with Crippen LogP contribution in [0.15, 0.2) is 11.0 Å². The van der Waals surface area contributed by atoms with Crippen molar-refractivity contribution in [1.29, 1.82) is 0 Å². The van der Waals surface area contributed by atoms with E-state index in [1.54, 1.807) is 0 Å². The highest BCUT2D eigenvalue weighted by Crippen LogP contribution is 1.86. The minimum atomic E-state index is -0.410. The number of aliphatic hydroxyl groups excluding tert-OH is 1. The number of H-pyrrole nitrogens is 2. The van der Waals surface area contributed by atoms with E-state index in [9.17, 15) is 9.59 Å². The van der Waals surface area contributed by atoms with Crippen molar-refractivity contribution < 1.29 is 9.90 Å². The predicted octanol–water partition coefficient (Wildman–Crippen LogP) is -1.18. The topological polar surface area (TPSA) is 98.0 Å². The molecule has 0 bridgehead atoms. The van der Waals surface area contributed by atoms with Crippen molar-refractivity contribution in [3.8, 4) is 0 Å². The summed E-state index contributed by atoms with van der Waals surface area (Å²) >= 11 is 0. The Morgan fingerprint density at radius 2 is 2.38 bits per heavy atom. The maximum absolute atomic E-state index is 11.1. The molecule has 6 nitrogen and oxygen atoms in total. The summed E-state index contributed by atoms with van der Waals surface area (Å²) in [5.41, 5.74) is -0.213. The molecule has 0 aromatic carbocycles. The van der Waals surface area contributed by atoms with Crippen molar-refractivity contribution >= 4 is 5.91 Å². The number of carbonyl (C=O) groups excluding carboxylic acids is 1. The van der Waals surface area contributed by atoms with Gasteiger partial charge in [-0.2, -0.15) is 0 Å². The van der Waals surface area contributed by atoms with Crippen molar-refractivity contribution in [3.05, 3.63) is 22.4 Å². The van der Waals surface area contributed by atoms with Crippen molar-refractivity contribution in [2.75, 3.05) is 13.2 Å². The van der Waals surface area contributed by atoms with E-state index in [4.69, 9.17) is 5.11 Å². The van der Waals surface area contributed by atoms with Crippen LogP contribution in [0.4, 0.5) is 0 Å². The van der Waals surface area contributed by atoms with Gasteiger partial charge in [-0.25, -0.2) is 4.79 Å². The Morgan fingerprint density at radius 3 is 2.92 bits per heavy atom. The molecule has 0 radical (unpaired) electrons. The lowest BCUT2D eigenvalue weighted by molar-refractivity contribution is 0.0946. The van der Waals surface area contributed by atoms with Gasteiger partial charge in [0.25, 0.3) is 5.91 Å². The van der Waals surface area contributed by atoms with Crippen LogP contribution in [0.25, 0.3) is 0 Å². The van der Waals surface area contributed by atoms with E-state index in [-0.39, 0.29) is 18.2 Å². The highest BCUT2D eigenvalue weighted by Gasteiger charge is 2.05. The molecule has 0 aliphatic carbocycles. The lowest BCUT2D eigenvalue weighted by Crippen LogP contribution is -2.25. The molecular weight excluding hydrogens is 174 g/mol. The van der Waals surface area contributed by atoms with Gasteiger partial charge in [0, 0.05) is 19.3 Å². The average molecular weight is 185 g/mol. The largest absolute Gasteiger partial charge is 0.396 e. The van der Waals surface area contributed by atoms with Crippen LogP contribution in [0.5, 0.6) is 0 Å². The van der Waals surface area contributed by atoms with Crippen LogP contribution in [0.2, 0.25) is 0 Å². The number of carbonyl (C=O) groups is 1. The molecule has 4 N–H and O–H groups in total. The third kappa shape index (κ3) is 2.75. The van der Waals surface area contributed by atoms with E-state index < -0.39 is 5.69 Å². The molecule has 1 rings (SSSR count). The van der Waals surface area contributed by atoms with Crippen molar-refractivity contribution in [1.82, 2.24) is 15.3 Å². The van der Waals surface area contributed by atoms with E-state index in [1.165, 1.54) is 6.20 Å². The second-order valence-electron chi connectivity index (χ2n) is 2.49. The van der Waals surface area contributed by atoms with Gasteiger partial charge >= 0.3 is 5.69 Å². The Balaban J connectivity index is 2.44. The summed E-state index contributed by atoms with van der Waals surface area (Å²) in [6.07, 6.45) is 1.80. The normalized spacial score (nSPS) is 9.92. The molecule has 1 heterocycles. The molecule has 0 aliphatic rings. The van der Waals surface area contributed by atoms with Gasteiger partial charge in [0.15, 0.2) is 0 Å². The fraction of sp³-hybridized carbons (Fsp3) is 0.429. The average Bonchev–Trinajstić information content (AvgIpc) is 2.52. The van der Waals surface area contributed by atoms with E-state index in [0.717, 1.165) is 0 Å². The van der Waals surface area contributed by atoms with Gasteiger partial charge in [-0.05, 0) is 6.42 Å². The van der Waals surface area contributed by atoms with E-state index in [1.807, 2.05) is 0 Å². The fourth-order valence-corrected chi connectivity index (χ4v) is 0.831. The van der Waals surface area contributed by atoms with Crippen molar-refractivity contribution in [3.63, 3.8) is 0 Å². The van der Waals surface area contributed by atoms with Crippen LogP contribution in [0, 0.1) is 0 Å². The predicted molar refractivity (Wildman–Crippen MR) is 45.4 cm³/mol. The molecule has 6 heteroatoms. The molecule has 1 aromatic heterocycles. The summed E-state index contributed by atoms with van der Waals surface area (Å²) in [6.45, 7) is 0.423. The molecule has 0 saturated heterocycles. The summed E-state index contributed by atoms with van der Waals surface area (Å²) < 4.78 is 0. The van der Waals surface area contributed by atoms with Crippen LogP contribution in [0.3, 0.4) is 0 Å². The lowest BCUT2D eigenvalue weighted by atomic mass is 10.4. The fourth-order valence-electron chi connectivity index (χ4n) is 0.831. The van der Waals surface area contributed by atoms with E-state index in [0.29, 0.717) is 13.0 Å². The molecule has 0 fully saturated rings. The SMILES string of the molecule is O=C(NCCCO)c1c[nH]c(=O)[nH]1. The Hall–Kier alpha value is -1.56. The summed E-state index contributed by atoms with van der Waals surface area (Å²) in [7, 11) is 0. The molecule has 0 spiro atoms. The standard InChI is InChI=1S/C7H11N3O3/c11-3-1-2-8-6(12)5-4-9-7(13)10-5/h4,11H,1-3H2,(H,8,12)(H2,9,10,13). The second-order valence-corrected chi connectivity index (χ2v) is 2.49. The van der Waals surface area contributed by atoms with E-state index >= 15 is 0 Å². The van der Waals surface area contributed by atoms with Gasteiger partial charge in [-0.3, -0.25) is 4.79 Å². The van der Waals surface area contributed by atoms with Crippen LogP contribution < -0.4 is 11.0 Å². The number of imidazole rings is 1. The number of aromatic nitrogens is 2. The lowest BCUT2D eigenvalue weighted by Gasteiger charge is -2.00. The second kappa shape index (κ2) is 4.46. The number of aliphatic hydroxyl groups is 1. The van der Waals surface area contributed by atoms with Crippen LogP contribution >= 0.6 is 0 Å². The zero-order chi connectivity index (χ0) is 9.68. The van der Waals surface area contributed by atoms with Crippen LogP contribution in [-0.4, -0.2) is 34.1 Å². The number of hydrogen-bond acceptors (Lipinski definition) is 3. The monoisotopic (exact) mass is 185 g/mol. The highest BCUT2D eigenvalue weighted by molar-refractivity contribution is 5.91.